The Balaban J connectivity index is 1.28. The van der Waals surface area contributed by atoms with Crippen molar-refractivity contribution in [2.75, 3.05) is 26.2 Å². The zero-order valence-electron chi connectivity index (χ0n) is 18.1. The highest BCUT2D eigenvalue weighted by Crippen LogP contribution is 2.45. The minimum Gasteiger partial charge on any atom is -0.368 e. The third-order valence-corrected chi connectivity index (χ3v) is 8.52. The van der Waals surface area contributed by atoms with Crippen molar-refractivity contribution in [2.45, 2.75) is 38.5 Å². The summed E-state index contributed by atoms with van der Waals surface area (Å²) in [6.07, 6.45) is 14.8. The third kappa shape index (κ3) is 3.24. The number of aromatic nitrogens is 2. The van der Waals surface area contributed by atoms with Crippen molar-refractivity contribution in [1.82, 2.24) is 24.1 Å². The van der Waals surface area contributed by atoms with Gasteiger partial charge in [0, 0.05) is 56.9 Å². The molecule has 6 heterocycles. The first-order valence-corrected chi connectivity index (χ1v) is 12.3. The number of piperazine rings is 1. The highest BCUT2D eigenvalue weighted by Gasteiger charge is 2.35. The van der Waals surface area contributed by atoms with Gasteiger partial charge in [0.2, 0.25) is 0 Å². The summed E-state index contributed by atoms with van der Waals surface area (Å²) in [7, 11) is 0.537. The lowest BCUT2D eigenvalue weighted by Crippen LogP contribution is -2.60. The molecule has 4 aliphatic heterocycles. The molecular weight excluding hydrogens is 405 g/mol. The fourth-order valence-corrected chi connectivity index (χ4v) is 6.51. The van der Waals surface area contributed by atoms with Crippen LogP contribution in [0.5, 0.6) is 0 Å². The smallest absolute Gasteiger partial charge is 0.252 e. The molecule has 2 fully saturated rings. The van der Waals surface area contributed by atoms with E-state index >= 15 is 0 Å². The molecule has 0 N–H and O–H groups in total. The minimum absolute atomic E-state index is 0.0860. The van der Waals surface area contributed by atoms with E-state index < -0.39 is 0 Å². The van der Waals surface area contributed by atoms with E-state index in [1.54, 1.807) is 0 Å². The maximum absolute atomic E-state index is 13.1. The van der Waals surface area contributed by atoms with Gasteiger partial charge in [0.05, 0.1) is 17.2 Å². The number of allylic oxidation sites excluding steroid dienone is 1. The van der Waals surface area contributed by atoms with E-state index in [0.29, 0.717) is 14.6 Å². The summed E-state index contributed by atoms with van der Waals surface area (Å²) in [4.78, 5) is 24.7. The third-order valence-electron chi connectivity index (χ3n) is 7.01. The summed E-state index contributed by atoms with van der Waals surface area (Å²) >= 11 is 0. The number of hydrogen-bond donors (Lipinski definition) is 0. The van der Waals surface area contributed by atoms with Crippen molar-refractivity contribution >= 4 is 25.4 Å². The van der Waals surface area contributed by atoms with E-state index in [9.17, 15) is 4.79 Å². The maximum atomic E-state index is 13.1. The number of imidazole rings is 1. The van der Waals surface area contributed by atoms with Crippen LogP contribution in [-0.4, -0.2) is 68.0 Å². The van der Waals surface area contributed by atoms with Crippen molar-refractivity contribution in [3.05, 3.63) is 65.4 Å². The lowest BCUT2D eigenvalue weighted by molar-refractivity contribution is -0.123. The molecule has 0 saturated carbocycles. The van der Waals surface area contributed by atoms with Gasteiger partial charge in [0.15, 0.2) is 0 Å². The molecule has 6 rings (SSSR count). The number of carbonyl (C=O) groups excluding carboxylic acids is 1. The molecule has 31 heavy (non-hydrogen) atoms. The van der Waals surface area contributed by atoms with Crippen LogP contribution in [0.1, 0.15) is 30.2 Å². The van der Waals surface area contributed by atoms with Gasteiger partial charge < -0.3 is 14.2 Å². The Labute approximate surface area is 184 Å². The van der Waals surface area contributed by atoms with Crippen LogP contribution in [0.25, 0.3) is 11.0 Å². The van der Waals surface area contributed by atoms with Crippen LogP contribution in [0.4, 0.5) is 0 Å². The van der Waals surface area contributed by atoms with Gasteiger partial charge in [-0.3, -0.25) is 9.69 Å². The first kappa shape index (κ1) is 19.3. The molecule has 160 valence electrons. The standard InChI is InChI=1S/C24H28N5OP/c1-3-17-10-18(13-28-12-16(2)25-24(17)28)21-11-22(30)29-15-19(4-5-23(29)31-21)27-9-8-26-7-6-20(26)14-27/h4-5,10-13,15,20,23,31H,3,6-9,14H2,1-2H3. The minimum atomic E-state index is 0.0860. The SMILES string of the molecule is CCc1cc(C2=CC(=O)N3C=C(N4CCN5CCC5C4)C=CC3P2)cn2cc(C)nc12. The number of nitrogens with zero attached hydrogens (tertiary/aromatic N) is 5. The average molecular weight is 433 g/mol. The summed E-state index contributed by atoms with van der Waals surface area (Å²) in [5.74, 6) is 0.203. The predicted octanol–water partition coefficient (Wildman–Crippen LogP) is 3.19. The number of hydrogen-bond acceptors (Lipinski definition) is 4. The number of carbonyl (C=O) groups is 1. The first-order valence-electron chi connectivity index (χ1n) is 11.3. The molecular formula is C24H28N5OP. The van der Waals surface area contributed by atoms with Crippen LogP contribution in [-0.2, 0) is 11.2 Å². The van der Waals surface area contributed by atoms with Gasteiger partial charge in [-0.1, -0.05) is 21.6 Å². The van der Waals surface area contributed by atoms with Gasteiger partial charge in [-0.15, -0.1) is 0 Å². The first-order chi connectivity index (χ1) is 15.1. The second-order valence-corrected chi connectivity index (χ2v) is 10.4. The molecule has 7 heteroatoms. The molecule has 0 spiro atoms. The van der Waals surface area contributed by atoms with Gasteiger partial charge in [-0.2, -0.15) is 0 Å². The van der Waals surface area contributed by atoms with Gasteiger partial charge in [0.25, 0.3) is 5.91 Å². The molecule has 2 aromatic heterocycles. The lowest BCUT2D eigenvalue weighted by Gasteiger charge is -2.50. The molecule has 0 radical (unpaired) electrons. The fraction of sp³-hybridized carbons (Fsp3) is 0.417. The number of rotatable bonds is 3. The highest BCUT2D eigenvalue weighted by molar-refractivity contribution is 7.51. The fourth-order valence-electron chi connectivity index (χ4n) is 5.14. The van der Waals surface area contributed by atoms with Gasteiger partial charge in [0.1, 0.15) is 5.65 Å². The van der Waals surface area contributed by atoms with Crippen LogP contribution in [0.15, 0.2) is 48.6 Å². The van der Waals surface area contributed by atoms with E-state index in [4.69, 9.17) is 0 Å². The van der Waals surface area contributed by atoms with E-state index in [1.807, 2.05) is 17.9 Å². The van der Waals surface area contributed by atoms with Crippen molar-refractivity contribution in [3.63, 3.8) is 0 Å². The van der Waals surface area contributed by atoms with Crippen LogP contribution in [0.2, 0.25) is 0 Å². The number of fused-ring (bicyclic) bond motifs is 3. The van der Waals surface area contributed by atoms with Gasteiger partial charge >= 0.3 is 0 Å². The lowest BCUT2D eigenvalue weighted by atomic mass is 9.99. The van der Waals surface area contributed by atoms with Crippen LogP contribution in [0.3, 0.4) is 0 Å². The quantitative estimate of drug-likeness (QED) is 0.698. The zero-order chi connectivity index (χ0) is 21.1. The Kier molecular flexibility index (Phi) is 4.55. The van der Waals surface area contributed by atoms with Crippen molar-refractivity contribution in [2.24, 2.45) is 0 Å². The number of pyridine rings is 1. The van der Waals surface area contributed by atoms with Gasteiger partial charge in [-0.25, -0.2) is 4.98 Å². The summed E-state index contributed by atoms with van der Waals surface area (Å²) in [5.41, 5.74) is 5.58. The molecule has 6 nitrogen and oxygen atoms in total. The Morgan fingerprint density at radius 1 is 1.23 bits per heavy atom. The number of amides is 1. The Hall–Kier alpha value is -2.43. The summed E-state index contributed by atoms with van der Waals surface area (Å²) in [6, 6.07) is 2.91. The van der Waals surface area contributed by atoms with Crippen molar-refractivity contribution in [1.29, 1.82) is 0 Å². The summed E-state index contributed by atoms with van der Waals surface area (Å²) in [5, 5.41) is 1.14. The molecule has 0 aromatic carbocycles. The second-order valence-electron chi connectivity index (χ2n) is 8.95. The van der Waals surface area contributed by atoms with Crippen molar-refractivity contribution < 1.29 is 4.79 Å². The molecule has 1 amide bonds. The second kappa shape index (κ2) is 7.32. The topological polar surface area (TPSA) is 44.1 Å². The Morgan fingerprint density at radius 2 is 2.13 bits per heavy atom. The molecule has 0 aliphatic carbocycles. The molecule has 2 saturated heterocycles. The van der Waals surface area contributed by atoms with Crippen LogP contribution in [0, 0.1) is 6.92 Å². The van der Waals surface area contributed by atoms with E-state index in [2.05, 4.69) is 62.9 Å². The Morgan fingerprint density at radius 3 is 2.90 bits per heavy atom. The van der Waals surface area contributed by atoms with Crippen LogP contribution < -0.4 is 0 Å². The monoisotopic (exact) mass is 433 g/mol. The summed E-state index contributed by atoms with van der Waals surface area (Å²) in [6.45, 7) is 8.70. The highest BCUT2D eigenvalue weighted by atomic mass is 31.1. The van der Waals surface area contributed by atoms with E-state index in [0.717, 1.165) is 48.3 Å². The zero-order valence-corrected chi connectivity index (χ0v) is 19.1. The van der Waals surface area contributed by atoms with Crippen molar-refractivity contribution in [3.8, 4) is 0 Å². The van der Waals surface area contributed by atoms with E-state index in [1.165, 1.54) is 24.2 Å². The van der Waals surface area contributed by atoms with Gasteiger partial charge in [-0.05, 0) is 48.3 Å². The molecule has 2 aromatic rings. The molecule has 3 unspecified atom stereocenters. The molecule has 4 aliphatic rings. The maximum Gasteiger partial charge on any atom is 0.252 e. The average Bonchev–Trinajstić information content (AvgIpc) is 3.14. The van der Waals surface area contributed by atoms with E-state index in [-0.39, 0.29) is 11.7 Å². The van der Waals surface area contributed by atoms with Crippen LogP contribution >= 0.6 is 8.58 Å². The normalized spacial score (nSPS) is 26.6. The largest absolute Gasteiger partial charge is 0.368 e. The predicted molar refractivity (Wildman–Crippen MR) is 125 cm³/mol. The molecule has 3 atom stereocenters. The Bertz CT molecular complexity index is 1160. The molecule has 0 bridgehead atoms. The number of aryl methyl sites for hydroxylation is 2. The summed E-state index contributed by atoms with van der Waals surface area (Å²) < 4.78 is 2.11.